The molecule has 0 aromatic heterocycles. The maximum atomic E-state index is 12.3. The van der Waals surface area contributed by atoms with Crippen molar-refractivity contribution in [2.45, 2.75) is 0 Å². The summed E-state index contributed by atoms with van der Waals surface area (Å²) < 4.78 is 25.7. The van der Waals surface area contributed by atoms with Crippen LogP contribution in [0.1, 0.15) is 5.56 Å². The molecule has 1 aliphatic heterocycles. The third-order valence-corrected chi connectivity index (χ3v) is 5.93. The standard InChI is InChI=1S/C12H14Cl2N2O2S/c13-11(10-4-2-1-3-5-10)12(14)19(17,18)16-8-6-15-7-9-16/h1-5,15H,6-9H2/b12-11+. The summed E-state index contributed by atoms with van der Waals surface area (Å²) in [6, 6.07) is 8.82. The van der Waals surface area contributed by atoms with E-state index in [4.69, 9.17) is 23.2 Å². The highest BCUT2D eigenvalue weighted by Gasteiger charge is 2.29. The monoisotopic (exact) mass is 320 g/mol. The first-order valence-electron chi connectivity index (χ1n) is 5.85. The molecule has 0 atom stereocenters. The summed E-state index contributed by atoms with van der Waals surface area (Å²) in [5, 5.41) is 3.14. The van der Waals surface area contributed by atoms with Gasteiger partial charge in [-0.2, -0.15) is 4.31 Å². The molecule has 7 heteroatoms. The summed E-state index contributed by atoms with van der Waals surface area (Å²) >= 11 is 12.1. The molecule has 0 spiro atoms. The molecule has 0 radical (unpaired) electrons. The van der Waals surface area contributed by atoms with Crippen molar-refractivity contribution in [3.63, 3.8) is 0 Å². The van der Waals surface area contributed by atoms with Gasteiger partial charge in [-0.05, 0) is 5.56 Å². The van der Waals surface area contributed by atoms with Crippen LogP contribution in [0.25, 0.3) is 5.03 Å². The van der Waals surface area contributed by atoms with E-state index < -0.39 is 10.0 Å². The minimum Gasteiger partial charge on any atom is -0.314 e. The number of hydrogen-bond donors (Lipinski definition) is 1. The summed E-state index contributed by atoms with van der Waals surface area (Å²) in [5.74, 6) is 0. The average Bonchev–Trinajstić information content (AvgIpc) is 2.47. The van der Waals surface area contributed by atoms with Crippen molar-refractivity contribution < 1.29 is 8.42 Å². The maximum absolute atomic E-state index is 12.3. The van der Waals surface area contributed by atoms with E-state index in [1.165, 1.54) is 4.31 Å². The van der Waals surface area contributed by atoms with Crippen molar-refractivity contribution in [2.75, 3.05) is 26.2 Å². The molecule has 1 heterocycles. The van der Waals surface area contributed by atoms with Crippen LogP contribution in [-0.2, 0) is 10.0 Å². The molecule has 19 heavy (non-hydrogen) atoms. The maximum Gasteiger partial charge on any atom is 0.255 e. The first-order valence-corrected chi connectivity index (χ1v) is 8.04. The van der Waals surface area contributed by atoms with Gasteiger partial charge in [-0.25, -0.2) is 8.42 Å². The Balaban J connectivity index is 2.33. The predicted molar refractivity (Wildman–Crippen MR) is 78.4 cm³/mol. The second-order valence-corrected chi connectivity index (χ2v) is 6.96. The highest BCUT2D eigenvalue weighted by Crippen LogP contribution is 2.30. The van der Waals surface area contributed by atoms with E-state index in [0.29, 0.717) is 31.7 Å². The number of nitrogens with zero attached hydrogens (tertiary/aromatic N) is 1. The van der Waals surface area contributed by atoms with Crippen LogP contribution in [0.2, 0.25) is 0 Å². The molecule has 1 N–H and O–H groups in total. The van der Waals surface area contributed by atoms with Gasteiger partial charge in [0.15, 0.2) is 4.36 Å². The van der Waals surface area contributed by atoms with E-state index in [1.807, 2.05) is 6.07 Å². The Hall–Kier alpha value is -0.590. The van der Waals surface area contributed by atoms with E-state index in [-0.39, 0.29) is 9.40 Å². The van der Waals surface area contributed by atoms with Crippen molar-refractivity contribution >= 4 is 38.3 Å². The molecule has 4 nitrogen and oxygen atoms in total. The van der Waals surface area contributed by atoms with Gasteiger partial charge in [-0.15, -0.1) is 0 Å². The van der Waals surface area contributed by atoms with Crippen LogP contribution in [0.15, 0.2) is 34.7 Å². The van der Waals surface area contributed by atoms with Gasteiger partial charge in [0.05, 0.1) is 5.03 Å². The fraction of sp³-hybridized carbons (Fsp3) is 0.333. The molecule has 1 saturated heterocycles. The fourth-order valence-corrected chi connectivity index (χ4v) is 3.86. The van der Waals surface area contributed by atoms with E-state index in [0.717, 1.165) is 0 Å². The minimum atomic E-state index is -3.70. The molecule has 0 saturated carbocycles. The second-order valence-electron chi connectivity index (χ2n) is 4.11. The Morgan fingerprint density at radius 3 is 2.26 bits per heavy atom. The van der Waals surface area contributed by atoms with Crippen LogP contribution in [0.3, 0.4) is 0 Å². The van der Waals surface area contributed by atoms with Crippen molar-refractivity contribution in [3.8, 4) is 0 Å². The normalized spacial score (nSPS) is 19.1. The number of benzene rings is 1. The number of sulfonamides is 1. The molecule has 1 aliphatic rings. The molecule has 1 aromatic rings. The Morgan fingerprint density at radius 2 is 1.68 bits per heavy atom. The van der Waals surface area contributed by atoms with Gasteiger partial charge >= 0.3 is 0 Å². The number of piperazine rings is 1. The summed E-state index contributed by atoms with van der Waals surface area (Å²) in [4.78, 5) is 0. The van der Waals surface area contributed by atoms with Gasteiger partial charge in [0.1, 0.15) is 0 Å². The molecule has 1 aromatic carbocycles. The van der Waals surface area contributed by atoms with Crippen molar-refractivity contribution in [3.05, 3.63) is 40.3 Å². The smallest absolute Gasteiger partial charge is 0.255 e. The molecule has 0 bridgehead atoms. The first-order chi connectivity index (χ1) is 9.03. The zero-order chi connectivity index (χ0) is 13.9. The Morgan fingerprint density at radius 1 is 1.11 bits per heavy atom. The average molecular weight is 321 g/mol. The molecule has 2 rings (SSSR count). The molecule has 0 amide bonds. The minimum absolute atomic E-state index is 0.0563. The Labute approximate surface area is 123 Å². The van der Waals surface area contributed by atoms with Crippen molar-refractivity contribution in [1.82, 2.24) is 9.62 Å². The van der Waals surface area contributed by atoms with Crippen LogP contribution < -0.4 is 5.32 Å². The quantitative estimate of drug-likeness (QED) is 0.927. The van der Waals surface area contributed by atoms with Gasteiger partial charge in [0.2, 0.25) is 0 Å². The van der Waals surface area contributed by atoms with E-state index in [2.05, 4.69) is 5.32 Å². The Kier molecular flexibility index (Phi) is 4.86. The third-order valence-electron chi connectivity index (χ3n) is 2.84. The topological polar surface area (TPSA) is 49.4 Å². The molecule has 1 fully saturated rings. The first kappa shape index (κ1) is 14.8. The fourth-order valence-electron chi connectivity index (χ4n) is 1.81. The van der Waals surface area contributed by atoms with Gasteiger partial charge in [0.25, 0.3) is 10.0 Å². The molecule has 0 aliphatic carbocycles. The van der Waals surface area contributed by atoms with Crippen molar-refractivity contribution in [1.29, 1.82) is 0 Å². The van der Waals surface area contributed by atoms with E-state index >= 15 is 0 Å². The number of halogens is 2. The van der Waals surface area contributed by atoms with Gasteiger partial charge in [-0.1, -0.05) is 53.5 Å². The number of rotatable bonds is 3. The zero-order valence-electron chi connectivity index (χ0n) is 10.1. The molecule has 0 unspecified atom stereocenters. The predicted octanol–water partition coefficient (Wildman–Crippen LogP) is 2.03. The summed E-state index contributed by atoms with van der Waals surface area (Å²) in [7, 11) is -3.70. The van der Waals surface area contributed by atoms with Crippen LogP contribution in [0, 0.1) is 0 Å². The van der Waals surface area contributed by atoms with Gasteiger partial charge in [0, 0.05) is 26.2 Å². The summed E-state index contributed by atoms with van der Waals surface area (Å²) in [6.45, 7) is 2.04. The lowest BCUT2D eigenvalue weighted by molar-refractivity contribution is 0.364. The van der Waals surface area contributed by atoms with Gasteiger partial charge < -0.3 is 5.32 Å². The molecular formula is C12H14Cl2N2O2S. The summed E-state index contributed by atoms with van der Waals surface area (Å²) in [6.07, 6.45) is 0. The lowest BCUT2D eigenvalue weighted by Crippen LogP contribution is -2.46. The molecule has 104 valence electrons. The van der Waals surface area contributed by atoms with Crippen molar-refractivity contribution in [2.24, 2.45) is 0 Å². The second kappa shape index (κ2) is 6.24. The lowest BCUT2D eigenvalue weighted by Gasteiger charge is -2.26. The van der Waals surface area contributed by atoms with Gasteiger partial charge in [-0.3, -0.25) is 0 Å². The van der Waals surface area contributed by atoms with Crippen LogP contribution >= 0.6 is 23.2 Å². The highest BCUT2D eigenvalue weighted by molar-refractivity contribution is 7.95. The zero-order valence-corrected chi connectivity index (χ0v) is 12.5. The number of hydrogen-bond acceptors (Lipinski definition) is 3. The third kappa shape index (κ3) is 3.30. The van der Waals surface area contributed by atoms with Crippen LogP contribution in [0.5, 0.6) is 0 Å². The van der Waals surface area contributed by atoms with E-state index in [1.54, 1.807) is 24.3 Å². The van der Waals surface area contributed by atoms with E-state index in [9.17, 15) is 8.42 Å². The summed E-state index contributed by atoms with van der Waals surface area (Å²) in [5.41, 5.74) is 0.591. The Bertz CT molecular complexity index is 567. The SMILES string of the molecule is O=S(=O)(/C(Cl)=C(/Cl)c1ccccc1)N1CCNCC1. The largest absolute Gasteiger partial charge is 0.314 e. The lowest BCUT2D eigenvalue weighted by atomic mass is 10.2. The van der Waals surface area contributed by atoms with Crippen LogP contribution in [-0.4, -0.2) is 38.9 Å². The molecular weight excluding hydrogens is 307 g/mol. The number of nitrogens with one attached hydrogen (secondary N) is 1. The van der Waals surface area contributed by atoms with Crippen LogP contribution in [0.4, 0.5) is 0 Å². The highest BCUT2D eigenvalue weighted by atomic mass is 35.5.